The summed E-state index contributed by atoms with van der Waals surface area (Å²) < 4.78 is 0. The average Bonchev–Trinajstić information content (AvgIpc) is 3.18. The number of hydrogen-bond donors (Lipinski definition) is 0. The number of rotatable bonds is 20. The van der Waals surface area contributed by atoms with E-state index in [4.69, 9.17) is 10.8 Å². The van der Waals surface area contributed by atoms with Crippen LogP contribution in [0.2, 0.25) is 0 Å². The zero-order valence-electron chi connectivity index (χ0n) is 33.7. The molecular weight excluding hydrogens is 818 g/mol. The van der Waals surface area contributed by atoms with E-state index in [9.17, 15) is 19.8 Å². The minimum Gasteiger partial charge on any atom is -0.753 e. The SMILES string of the molecule is CCCCCCCCCc1ccnc(-c2cc(CCCCCCCCC)ccn2)c1.O=C([O-])c1ccnc(-c2cc(C(=O)[O-])ccn2)c1.[H+].[H+].[N-]=C=S.[N-]=C=S.[Ru+2]. The molecule has 0 aliphatic rings. The fraction of sp³-hybridized carbons (Fsp3) is 0.429. The minimum atomic E-state index is -1.34. The van der Waals surface area contributed by atoms with Gasteiger partial charge in [0.1, 0.15) is 0 Å². The quantitative estimate of drug-likeness (QED) is 0.0360. The fourth-order valence-corrected chi connectivity index (χ4v) is 5.51. The smallest absolute Gasteiger partial charge is 0.753 e. The predicted molar refractivity (Wildman–Crippen MR) is 221 cm³/mol. The van der Waals surface area contributed by atoms with Gasteiger partial charge < -0.3 is 30.6 Å². The Hall–Kier alpha value is -4.24. The molecule has 294 valence electrons. The van der Waals surface area contributed by atoms with E-state index in [0.29, 0.717) is 0 Å². The number of carboxylic acid groups (broad SMARTS) is 2. The molecule has 0 aliphatic carbocycles. The van der Waals surface area contributed by atoms with Gasteiger partial charge in [0.05, 0.1) is 34.7 Å². The van der Waals surface area contributed by atoms with Crippen LogP contribution in [0.3, 0.4) is 0 Å². The summed E-state index contributed by atoms with van der Waals surface area (Å²) in [5.74, 6) is -2.68. The van der Waals surface area contributed by atoms with Crippen LogP contribution in [-0.2, 0) is 32.3 Å². The largest absolute Gasteiger partial charge is 2.00 e. The maximum Gasteiger partial charge on any atom is 2.00 e. The van der Waals surface area contributed by atoms with Gasteiger partial charge in [-0.3, -0.25) is 19.9 Å². The van der Waals surface area contributed by atoms with Crippen LogP contribution in [0.1, 0.15) is 138 Å². The van der Waals surface area contributed by atoms with Crippen molar-refractivity contribution in [1.82, 2.24) is 19.9 Å². The van der Waals surface area contributed by atoms with Gasteiger partial charge in [-0.15, -0.1) is 0 Å². The summed E-state index contributed by atoms with van der Waals surface area (Å²) in [5, 5.41) is 38.3. The Labute approximate surface area is 352 Å². The van der Waals surface area contributed by atoms with Crippen molar-refractivity contribution in [2.24, 2.45) is 0 Å². The molecule has 4 heterocycles. The molecule has 0 bridgehead atoms. The van der Waals surface area contributed by atoms with Crippen LogP contribution in [0.15, 0.2) is 73.3 Å². The van der Waals surface area contributed by atoms with E-state index < -0.39 is 11.9 Å². The van der Waals surface area contributed by atoms with Crippen LogP contribution >= 0.6 is 24.4 Å². The van der Waals surface area contributed by atoms with Gasteiger partial charge in [0, 0.05) is 35.9 Å². The normalized spacial score (nSPS) is 9.64. The van der Waals surface area contributed by atoms with E-state index >= 15 is 0 Å². The van der Waals surface area contributed by atoms with Crippen LogP contribution in [0.25, 0.3) is 33.6 Å². The van der Waals surface area contributed by atoms with Crippen molar-refractivity contribution in [2.45, 2.75) is 117 Å². The molecule has 10 nitrogen and oxygen atoms in total. The molecule has 13 heteroatoms. The summed E-state index contributed by atoms with van der Waals surface area (Å²) in [5.41, 5.74) is 5.23. The Morgan fingerprint density at radius 2 is 0.818 bits per heavy atom. The van der Waals surface area contributed by atoms with E-state index in [1.54, 1.807) is 0 Å². The monoisotopic (exact) mass is 870 g/mol. The van der Waals surface area contributed by atoms with E-state index in [1.165, 1.54) is 148 Å². The van der Waals surface area contributed by atoms with Gasteiger partial charge in [-0.05, 0) is 85.3 Å². The Morgan fingerprint density at radius 3 is 1.13 bits per heavy atom. The summed E-state index contributed by atoms with van der Waals surface area (Å²) in [6.45, 7) is 4.56. The maximum atomic E-state index is 10.7. The Morgan fingerprint density at radius 1 is 0.545 bits per heavy atom. The molecule has 0 fully saturated rings. The molecule has 0 atom stereocenters. The first-order chi connectivity index (χ1) is 26.2. The summed E-state index contributed by atoms with van der Waals surface area (Å²) >= 11 is 7.40. The zero-order chi connectivity index (χ0) is 39.8. The van der Waals surface area contributed by atoms with Crippen LogP contribution < -0.4 is 10.2 Å². The van der Waals surface area contributed by atoms with Gasteiger partial charge in [-0.1, -0.05) is 115 Å². The summed E-state index contributed by atoms with van der Waals surface area (Å²) in [4.78, 5) is 38.5. The molecule has 0 aliphatic heterocycles. The van der Waals surface area contributed by atoms with E-state index in [2.05, 4.69) is 82.5 Å². The van der Waals surface area contributed by atoms with Gasteiger partial charge in [-0.2, -0.15) is 10.3 Å². The number of aromatic carboxylic acids is 2. The Kier molecular flexibility index (Phi) is 30.6. The number of aromatic nitrogens is 4. The molecule has 0 radical (unpaired) electrons. The molecule has 4 aromatic heterocycles. The third kappa shape index (κ3) is 23.3. The van der Waals surface area contributed by atoms with Crippen LogP contribution in [0.4, 0.5) is 0 Å². The number of carbonyl (C=O) groups excluding carboxylic acids is 2. The maximum absolute atomic E-state index is 10.7. The molecule has 0 unspecified atom stereocenters. The van der Waals surface area contributed by atoms with Gasteiger partial charge >= 0.3 is 22.3 Å². The van der Waals surface area contributed by atoms with Gasteiger partial charge in [0.2, 0.25) is 0 Å². The molecule has 4 aromatic rings. The second kappa shape index (κ2) is 33.1. The third-order valence-electron chi connectivity index (χ3n) is 8.30. The van der Waals surface area contributed by atoms with Gasteiger partial charge in [0.15, 0.2) is 0 Å². The van der Waals surface area contributed by atoms with Crippen molar-refractivity contribution in [3.8, 4) is 22.8 Å². The number of hydrogen-bond acceptors (Lipinski definition) is 10. The number of thiocarbonyl (C=S) groups is 2. The van der Waals surface area contributed by atoms with Crippen molar-refractivity contribution in [2.75, 3.05) is 0 Å². The Bertz CT molecular complexity index is 1630. The van der Waals surface area contributed by atoms with Crippen molar-refractivity contribution in [3.05, 3.63) is 106 Å². The molecular formula is C42H52N6O4RuS2. The number of pyridine rings is 4. The molecule has 4 rings (SSSR count). The first-order valence-electron chi connectivity index (χ1n) is 18.5. The van der Waals surface area contributed by atoms with Crippen molar-refractivity contribution in [1.29, 1.82) is 0 Å². The number of aryl methyl sites for hydroxylation is 2. The first-order valence-corrected chi connectivity index (χ1v) is 19.3. The van der Waals surface area contributed by atoms with Gasteiger partial charge in [0.25, 0.3) is 0 Å². The summed E-state index contributed by atoms with van der Waals surface area (Å²) in [7, 11) is 0. The molecule has 0 amide bonds. The number of nitrogens with zero attached hydrogens (tertiary/aromatic N) is 6. The molecule has 0 saturated heterocycles. The minimum absolute atomic E-state index is 0. The van der Waals surface area contributed by atoms with Crippen molar-refractivity contribution in [3.63, 3.8) is 0 Å². The van der Waals surface area contributed by atoms with Gasteiger partial charge in [-0.25, -0.2) is 0 Å². The summed E-state index contributed by atoms with van der Waals surface area (Å²) in [6, 6.07) is 13.9. The second-order valence-electron chi connectivity index (χ2n) is 12.5. The van der Waals surface area contributed by atoms with Crippen LogP contribution in [-0.4, -0.2) is 42.2 Å². The molecule has 0 aromatic carbocycles. The van der Waals surface area contributed by atoms with Crippen LogP contribution in [0.5, 0.6) is 0 Å². The fourth-order valence-electron chi connectivity index (χ4n) is 5.51. The van der Waals surface area contributed by atoms with Crippen LogP contribution in [0, 0.1) is 0 Å². The molecule has 55 heavy (non-hydrogen) atoms. The number of carboxylic acids is 2. The molecule has 0 spiro atoms. The molecule has 0 N–H and O–H groups in total. The van der Waals surface area contributed by atoms with E-state index in [0.717, 1.165) is 24.2 Å². The Balaban J connectivity index is -0.000000923. The van der Waals surface area contributed by atoms with Crippen molar-refractivity contribution >= 4 is 46.7 Å². The standard InChI is InChI=1S/C28H44N2.C12H8N2O4.2CNS.Ru/c1-3-5-7-9-11-13-15-17-25-19-21-29-27(23-25)28-24-26(20-22-30-28)18-16-14-12-10-8-6-4-2;15-11(16)7-1-3-13-9(5-7)10-6-8(12(17)18)2-4-14-10;2*2-1-3;/h19-24H,3-18H2,1-2H3;1-6H,(H,15,16)(H,17,18);;;/q;;2*-1;+2. The zero-order valence-corrected chi connectivity index (χ0v) is 35.1. The first kappa shape index (κ1) is 50.8. The van der Waals surface area contributed by atoms with E-state index in [1.807, 2.05) is 12.4 Å². The summed E-state index contributed by atoms with van der Waals surface area (Å²) in [6.07, 6.45) is 27.8. The molecule has 0 saturated carbocycles. The topological polar surface area (TPSA) is 176 Å². The van der Waals surface area contributed by atoms with E-state index in [-0.39, 0.29) is 44.8 Å². The third-order valence-corrected chi connectivity index (χ3v) is 8.30. The van der Waals surface area contributed by atoms with Crippen molar-refractivity contribution < 1.29 is 42.1 Å². The number of carbonyl (C=O) groups is 2. The number of isothiocyanates is 2. The predicted octanol–water partition coefficient (Wildman–Crippen LogP) is 9.14. The average molecular weight is 870 g/mol. The number of unbranched alkanes of at least 4 members (excludes halogenated alkanes) is 12. The second-order valence-corrected chi connectivity index (χ2v) is 12.8.